The van der Waals surface area contributed by atoms with Crippen molar-refractivity contribution in [3.63, 3.8) is 0 Å². The number of rotatable bonds is 14. The number of unbranched alkanes of at least 4 members (excludes halogenated alkanes) is 10. The van der Waals surface area contributed by atoms with E-state index >= 15 is 0 Å². The highest BCUT2D eigenvalue weighted by Gasteiger charge is 2.03. The van der Waals surface area contributed by atoms with Gasteiger partial charge < -0.3 is 4.98 Å². The maximum absolute atomic E-state index is 3.32. The molecule has 0 fully saturated rings. The Kier molecular flexibility index (Phi) is 11.3. The molecule has 1 heteroatoms. The third kappa shape index (κ3) is 9.01. The van der Waals surface area contributed by atoms with E-state index in [1.807, 2.05) is 0 Å². The van der Waals surface area contributed by atoms with Crippen LogP contribution in [0.5, 0.6) is 0 Å². The lowest BCUT2D eigenvalue weighted by Gasteiger charge is -2.05. The minimum absolute atomic E-state index is 1.28. The van der Waals surface area contributed by atoms with Gasteiger partial charge in [0.2, 0.25) is 0 Å². The van der Waals surface area contributed by atoms with Crippen LogP contribution in [0.1, 0.15) is 102 Å². The first-order chi connectivity index (χ1) is 10.4. The summed E-state index contributed by atoms with van der Waals surface area (Å²) in [6.07, 6.45) is 23.8. The summed E-state index contributed by atoms with van der Waals surface area (Å²) >= 11 is 0. The minimum Gasteiger partial charge on any atom is -0.367 e. The van der Waals surface area contributed by atoms with E-state index in [0.29, 0.717) is 0 Å². The molecule has 0 bridgehead atoms. The summed E-state index contributed by atoms with van der Waals surface area (Å²) in [7, 11) is 0. The van der Waals surface area contributed by atoms with Crippen molar-refractivity contribution in [2.24, 2.45) is 0 Å². The molecule has 122 valence electrons. The molecule has 1 N–H and O–H groups in total. The molecule has 0 aliphatic carbocycles. The van der Waals surface area contributed by atoms with Crippen molar-refractivity contribution < 1.29 is 0 Å². The Hall–Kier alpha value is -0.720. The fourth-order valence-electron chi connectivity index (χ4n) is 3.09. The van der Waals surface area contributed by atoms with E-state index in [9.17, 15) is 0 Å². The van der Waals surface area contributed by atoms with Gasteiger partial charge in [-0.1, -0.05) is 78.1 Å². The zero-order valence-corrected chi connectivity index (χ0v) is 14.6. The van der Waals surface area contributed by atoms with E-state index in [4.69, 9.17) is 0 Å². The van der Waals surface area contributed by atoms with Crippen LogP contribution >= 0.6 is 0 Å². The van der Waals surface area contributed by atoms with Crippen LogP contribution in [0, 0.1) is 0 Å². The highest BCUT2D eigenvalue weighted by molar-refractivity contribution is 5.23. The molecule has 0 aromatic carbocycles. The number of nitrogens with one attached hydrogen (secondary N) is 1. The fourth-order valence-corrected chi connectivity index (χ4v) is 3.09. The molecule has 0 spiro atoms. The molecule has 0 saturated carbocycles. The van der Waals surface area contributed by atoms with Gasteiger partial charge in [0.05, 0.1) is 0 Å². The van der Waals surface area contributed by atoms with E-state index < -0.39 is 0 Å². The summed E-state index contributed by atoms with van der Waals surface area (Å²) in [4.78, 5) is 3.32. The molecule has 0 saturated heterocycles. The SMILES string of the molecule is CCCCCCCCCc1c[nH]cc1CCCCCCC. The van der Waals surface area contributed by atoms with Gasteiger partial charge in [-0.3, -0.25) is 0 Å². The molecule has 0 unspecified atom stereocenters. The van der Waals surface area contributed by atoms with Crippen molar-refractivity contribution >= 4 is 0 Å². The first-order valence-electron chi connectivity index (χ1n) is 9.53. The Morgan fingerprint density at radius 2 is 0.952 bits per heavy atom. The molecule has 0 aliphatic rings. The molecule has 1 aromatic heterocycles. The van der Waals surface area contributed by atoms with Gasteiger partial charge in [-0.25, -0.2) is 0 Å². The fraction of sp³-hybridized carbons (Fsp3) is 0.800. The zero-order chi connectivity index (χ0) is 15.2. The number of hydrogen-bond acceptors (Lipinski definition) is 0. The van der Waals surface area contributed by atoms with Crippen molar-refractivity contribution in [2.45, 2.75) is 104 Å². The second-order valence-electron chi connectivity index (χ2n) is 6.54. The predicted octanol–water partition coefficient (Wildman–Crippen LogP) is 6.82. The van der Waals surface area contributed by atoms with E-state index in [-0.39, 0.29) is 0 Å². The first kappa shape index (κ1) is 18.3. The highest BCUT2D eigenvalue weighted by atomic mass is 14.6. The third-order valence-corrected chi connectivity index (χ3v) is 4.53. The lowest BCUT2D eigenvalue weighted by atomic mass is 10.0. The Balaban J connectivity index is 2.08. The van der Waals surface area contributed by atoms with Crippen LogP contribution in [0.4, 0.5) is 0 Å². The Morgan fingerprint density at radius 3 is 1.38 bits per heavy atom. The second kappa shape index (κ2) is 13.0. The molecule has 0 aliphatic heterocycles. The third-order valence-electron chi connectivity index (χ3n) is 4.53. The summed E-state index contributed by atoms with van der Waals surface area (Å²) in [6.45, 7) is 4.57. The Morgan fingerprint density at radius 1 is 0.571 bits per heavy atom. The van der Waals surface area contributed by atoms with Crippen LogP contribution in [-0.2, 0) is 12.8 Å². The van der Waals surface area contributed by atoms with Gasteiger partial charge in [-0.2, -0.15) is 0 Å². The number of aromatic nitrogens is 1. The summed E-state index contributed by atoms with van der Waals surface area (Å²) < 4.78 is 0. The Labute approximate surface area is 132 Å². The van der Waals surface area contributed by atoms with E-state index in [1.165, 1.54) is 89.9 Å². The van der Waals surface area contributed by atoms with Gasteiger partial charge in [0.15, 0.2) is 0 Å². The van der Waals surface area contributed by atoms with Gasteiger partial charge in [-0.05, 0) is 36.8 Å². The number of hydrogen-bond donors (Lipinski definition) is 1. The summed E-state index contributed by atoms with van der Waals surface area (Å²) in [5.74, 6) is 0. The van der Waals surface area contributed by atoms with Crippen LogP contribution in [0.15, 0.2) is 12.4 Å². The molecule has 0 amide bonds. The van der Waals surface area contributed by atoms with Crippen LogP contribution < -0.4 is 0 Å². The maximum atomic E-state index is 3.32. The molecule has 1 aromatic rings. The van der Waals surface area contributed by atoms with E-state index in [1.54, 1.807) is 11.1 Å². The van der Waals surface area contributed by atoms with Crippen molar-refractivity contribution in [3.8, 4) is 0 Å². The molecule has 0 radical (unpaired) electrons. The molecule has 1 nitrogen and oxygen atoms in total. The molecule has 0 atom stereocenters. The molecular formula is C20H37N. The Bertz CT molecular complexity index is 326. The average Bonchev–Trinajstić information content (AvgIpc) is 2.94. The standard InChI is InChI=1S/C20H37N/c1-3-5-7-9-10-12-14-16-20-18-21-17-19(20)15-13-11-8-6-4-2/h17-18,21H,3-16H2,1-2H3. The van der Waals surface area contributed by atoms with Gasteiger partial charge in [0.25, 0.3) is 0 Å². The van der Waals surface area contributed by atoms with Crippen molar-refractivity contribution in [3.05, 3.63) is 23.5 Å². The smallest absolute Gasteiger partial charge is 0.00401 e. The molecule has 21 heavy (non-hydrogen) atoms. The average molecular weight is 292 g/mol. The maximum Gasteiger partial charge on any atom is 0.00401 e. The largest absolute Gasteiger partial charge is 0.367 e. The van der Waals surface area contributed by atoms with Gasteiger partial charge in [0.1, 0.15) is 0 Å². The monoisotopic (exact) mass is 291 g/mol. The van der Waals surface area contributed by atoms with Crippen molar-refractivity contribution in [2.75, 3.05) is 0 Å². The number of aromatic amines is 1. The van der Waals surface area contributed by atoms with Crippen LogP contribution in [0.25, 0.3) is 0 Å². The normalized spacial score (nSPS) is 11.1. The predicted molar refractivity (Wildman–Crippen MR) is 95.0 cm³/mol. The highest BCUT2D eigenvalue weighted by Crippen LogP contribution is 2.17. The molecule has 1 heterocycles. The lowest BCUT2D eigenvalue weighted by Crippen LogP contribution is -1.92. The second-order valence-corrected chi connectivity index (χ2v) is 6.54. The van der Waals surface area contributed by atoms with Gasteiger partial charge in [-0.15, -0.1) is 0 Å². The quantitative estimate of drug-likeness (QED) is 0.362. The first-order valence-corrected chi connectivity index (χ1v) is 9.53. The van der Waals surface area contributed by atoms with E-state index in [2.05, 4.69) is 31.2 Å². The van der Waals surface area contributed by atoms with Crippen LogP contribution in [0.2, 0.25) is 0 Å². The lowest BCUT2D eigenvalue weighted by molar-refractivity contribution is 0.588. The summed E-state index contributed by atoms with van der Waals surface area (Å²) in [5.41, 5.74) is 3.16. The van der Waals surface area contributed by atoms with Crippen molar-refractivity contribution in [1.82, 2.24) is 4.98 Å². The summed E-state index contributed by atoms with van der Waals surface area (Å²) in [5, 5.41) is 0. The molecular weight excluding hydrogens is 254 g/mol. The van der Waals surface area contributed by atoms with Crippen molar-refractivity contribution in [1.29, 1.82) is 0 Å². The molecule has 1 rings (SSSR count). The van der Waals surface area contributed by atoms with Gasteiger partial charge in [0, 0.05) is 12.4 Å². The van der Waals surface area contributed by atoms with Crippen LogP contribution in [0.3, 0.4) is 0 Å². The number of H-pyrrole nitrogens is 1. The zero-order valence-electron chi connectivity index (χ0n) is 14.6. The van der Waals surface area contributed by atoms with E-state index in [0.717, 1.165) is 0 Å². The topological polar surface area (TPSA) is 15.8 Å². The van der Waals surface area contributed by atoms with Gasteiger partial charge >= 0.3 is 0 Å². The number of aryl methyl sites for hydroxylation is 2. The summed E-state index contributed by atoms with van der Waals surface area (Å²) in [6, 6.07) is 0. The minimum atomic E-state index is 1.28. The van der Waals surface area contributed by atoms with Crippen LogP contribution in [-0.4, -0.2) is 4.98 Å².